The molecule has 0 aromatic rings. The van der Waals surface area contributed by atoms with Crippen LogP contribution in [0.3, 0.4) is 0 Å². The molecular formula is C26H40O17. The molecule has 246 valence electrons. The fourth-order valence-electron chi connectivity index (χ4n) is 4.46. The third-order valence-electron chi connectivity index (χ3n) is 6.11. The lowest BCUT2D eigenvalue weighted by atomic mass is 9.96. The van der Waals surface area contributed by atoms with Gasteiger partial charge in [0.15, 0.2) is 43.1 Å². The molecule has 0 aromatic carbocycles. The highest BCUT2D eigenvalue weighted by Crippen LogP contribution is 2.34. The van der Waals surface area contributed by atoms with Crippen LogP contribution in [0.15, 0.2) is 0 Å². The molecule has 43 heavy (non-hydrogen) atoms. The lowest BCUT2D eigenvalue weighted by Gasteiger charge is -2.48. The Morgan fingerprint density at radius 2 is 1.35 bits per heavy atom. The van der Waals surface area contributed by atoms with Crippen LogP contribution in [0.1, 0.15) is 41.0 Å². The summed E-state index contributed by atoms with van der Waals surface area (Å²) >= 11 is 0. The Balaban J connectivity index is 2.52. The van der Waals surface area contributed by atoms with E-state index in [1.165, 1.54) is 0 Å². The monoisotopic (exact) mass is 624 g/mol. The summed E-state index contributed by atoms with van der Waals surface area (Å²) in [4.78, 5) is 59.1. The summed E-state index contributed by atoms with van der Waals surface area (Å²) in [6.45, 7) is 5.57. The highest BCUT2D eigenvalue weighted by molar-refractivity contribution is 5.67. The first kappa shape index (κ1) is 36.3. The summed E-state index contributed by atoms with van der Waals surface area (Å²) in [7, 11) is 0. The highest BCUT2D eigenvalue weighted by atomic mass is 16.8. The molecule has 1 unspecified atom stereocenters. The van der Waals surface area contributed by atoms with Gasteiger partial charge in [0.2, 0.25) is 0 Å². The van der Waals surface area contributed by atoms with E-state index in [0.29, 0.717) is 6.61 Å². The molecular weight excluding hydrogens is 584 g/mol. The van der Waals surface area contributed by atoms with Crippen molar-refractivity contribution in [1.82, 2.24) is 0 Å². The molecule has 0 bridgehead atoms. The number of rotatable bonds is 16. The zero-order chi connectivity index (χ0) is 32.1. The Kier molecular flexibility index (Phi) is 15.2. The smallest absolute Gasteiger partial charge is 0.303 e. The van der Waals surface area contributed by atoms with Crippen molar-refractivity contribution in [2.75, 3.05) is 33.0 Å². The van der Waals surface area contributed by atoms with Crippen molar-refractivity contribution >= 4 is 30.3 Å². The Morgan fingerprint density at radius 3 is 1.91 bits per heavy atom. The predicted molar refractivity (Wildman–Crippen MR) is 137 cm³/mol. The van der Waals surface area contributed by atoms with Crippen molar-refractivity contribution in [2.45, 2.75) is 102 Å². The van der Waals surface area contributed by atoms with Gasteiger partial charge in [-0.25, -0.2) is 0 Å². The average Bonchev–Trinajstić information content (AvgIpc) is 2.92. The van der Waals surface area contributed by atoms with Gasteiger partial charge >= 0.3 is 23.9 Å². The Hall–Kier alpha value is -2.93. The van der Waals surface area contributed by atoms with Gasteiger partial charge in [0, 0.05) is 34.3 Å². The Bertz CT molecular complexity index is 927. The second-order valence-electron chi connectivity index (χ2n) is 9.56. The number of carbonyl (C=O) groups is 5. The third-order valence-corrected chi connectivity index (χ3v) is 6.11. The number of ether oxygens (including phenoxy) is 10. The minimum Gasteiger partial charge on any atom is -0.463 e. The number of hydrogen-bond donors (Lipinski definition) is 2. The maximum absolute atomic E-state index is 12.1. The largest absolute Gasteiger partial charge is 0.463 e. The normalized spacial score (nSPS) is 32.3. The van der Waals surface area contributed by atoms with Crippen molar-refractivity contribution in [3.05, 3.63) is 0 Å². The van der Waals surface area contributed by atoms with E-state index in [1.807, 2.05) is 6.92 Å². The van der Waals surface area contributed by atoms with Crippen molar-refractivity contribution in [2.24, 2.45) is 0 Å². The van der Waals surface area contributed by atoms with E-state index in [2.05, 4.69) is 0 Å². The zero-order valence-electron chi connectivity index (χ0n) is 24.6. The van der Waals surface area contributed by atoms with Gasteiger partial charge in [-0.2, -0.15) is 0 Å². The first-order chi connectivity index (χ1) is 20.4. The van der Waals surface area contributed by atoms with Gasteiger partial charge in [-0.05, 0) is 6.42 Å². The van der Waals surface area contributed by atoms with Crippen LogP contribution in [0.4, 0.5) is 0 Å². The van der Waals surface area contributed by atoms with Crippen LogP contribution in [0, 0.1) is 0 Å². The number of aliphatic hydroxyl groups excluding tert-OH is 2. The van der Waals surface area contributed by atoms with Gasteiger partial charge in [-0.15, -0.1) is 0 Å². The molecule has 17 heteroatoms. The van der Waals surface area contributed by atoms with Gasteiger partial charge in [0.1, 0.15) is 24.9 Å². The van der Waals surface area contributed by atoms with Crippen LogP contribution in [-0.4, -0.2) is 135 Å². The van der Waals surface area contributed by atoms with Crippen molar-refractivity contribution < 1.29 is 81.6 Å². The standard InChI is InChI=1S/C26H40O17/c1-6-7-34-8-9-35-25-23(21(39-15(4)31)19(33)17(10-27)41-25)43-26-24(40-16(5)32)22(37-12-28)20(38-14(3)30)18(42-26)11-36-13(2)29/h12,17-27,33H,6-11H2,1-5H3/t17-,18+,19+,20+,21-,22-,23-,24-,25?,26+/m0/s1. The van der Waals surface area contributed by atoms with E-state index in [-0.39, 0.29) is 19.7 Å². The van der Waals surface area contributed by atoms with Crippen LogP contribution < -0.4 is 0 Å². The predicted octanol–water partition coefficient (Wildman–Crippen LogP) is -1.48. The molecule has 0 saturated carbocycles. The van der Waals surface area contributed by atoms with Crippen LogP contribution in [0.25, 0.3) is 0 Å². The Labute approximate surface area is 247 Å². The molecule has 10 atom stereocenters. The molecule has 2 fully saturated rings. The maximum Gasteiger partial charge on any atom is 0.303 e. The molecule has 2 N–H and O–H groups in total. The number of hydrogen-bond acceptors (Lipinski definition) is 17. The Morgan fingerprint density at radius 1 is 0.744 bits per heavy atom. The van der Waals surface area contributed by atoms with Crippen LogP contribution >= 0.6 is 0 Å². The minimum absolute atomic E-state index is 0.0200. The molecule has 2 rings (SSSR count). The summed E-state index contributed by atoms with van der Waals surface area (Å²) in [5.41, 5.74) is 0. The SMILES string of the molecule is CCCOCCOC1O[C@@H](CO)[C@@H](O)[C@H](OC(C)=O)[C@@H]1O[C@H]1O[C@H](COC(C)=O)[C@@H](OC(C)=O)[C@H](OC=O)[C@@H]1OC(C)=O. The number of esters is 4. The molecule has 0 spiro atoms. The van der Waals surface area contributed by atoms with E-state index in [4.69, 9.17) is 47.4 Å². The van der Waals surface area contributed by atoms with Crippen LogP contribution in [-0.2, 0) is 71.3 Å². The molecule has 2 heterocycles. The highest BCUT2D eigenvalue weighted by Gasteiger charge is 2.56. The van der Waals surface area contributed by atoms with E-state index in [1.54, 1.807) is 0 Å². The van der Waals surface area contributed by atoms with Crippen molar-refractivity contribution in [3.63, 3.8) is 0 Å². The molecule has 0 aromatic heterocycles. The molecule has 17 nitrogen and oxygen atoms in total. The fourth-order valence-corrected chi connectivity index (χ4v) is 4.46. The number of aliphatic hydroxyl groups is 2. The maximum atomic E-state index is 12.1. The van der Waals surface area contributed by atoms with Gasteiger partial charge in [0.05, 0.1) is 19.8 Å². The van der Waals surface area contributed by atoms with Crippen molar-refractivity contribution in [3.8, 4) is 0 Å². The first-order valence-electron chi connectivity index (χ1n) is 13.6. The van der Waals surface area contributed by atoms with Crippen LogP contribution in [0.5, 0.6) is 0 Å². The third kappa shape index (κ3) is 10.9. The minimum atomic E-state index is -1.70. The fraction of sp³-hybridized carbons (Fsp3) is 0.808. The van der Waals surface area contributed by atoms with E-state index < -0.39 is 98.5 Å². The molecule has 2 aliphatic rings. The summed E-state index contributed by atoms with van der Waals surface area (Å²) < 4.78 is 55.1. The van der Waals surface area contributed by atoms with Gasteiger partial charge in [-0.3, -0.25) is 24.0 Å². The molecule has 0 amide bonds. The van der Waals surface area contributed by atoms with Gasteiger partial charge < -0.3 is 57.6 Å². The first-order valence-corrected chi connectivity index (χ1v) is 13.6. The summed E-state index contributed by atoms with van der Waals surface area (Å²) in [5.74, 6) is -3.24. The van der Waals surface area contributed by atoms with Gasteiger partial charge in [0.25, 0.3) is 6.47 Å². The topological polar surface area (TPSA) is 218 Å². The second-order valence-corrected chi connectivity index (χ2v) is 9.56. The number of carbonyl (C=O) groups excluding carboxylic acids is 5. The van der Waals surface area contributed by atoms with Crippen molar-refractivity contribution in [1.29, 1.82) is 0 Å². The quantitative estimate of drug-likeness (QED) is 0.0865. The summed E-state index contributed by atoms with van der Waals surface area (Å²) in [6.07, 6.45) is -14.2. The summed E-state index contributed by atoms with van der Waals surface area (Å²) in [6, 6.07) is 0. The second kappa shape index (κ2) is 18.0. The van der Waals surface area contributed by atoms with Crippen LogP contribution in [0.2, 0.25) is 0 Å². The molecule has 2 aliphatic heterocycles. The lowest BCUT2D eigenvalue weighted by Crippen LogP contribution is -2.66. The average molecular weight is 625 g/mol. The molecule has 0 radical (unpaired) electrons. The zero-order valence-corrected chi connectivity index (χ0v) is 24.6. The molecule has 2 saturated heterocycles. The van der Waals surface area contributed by atoms with E-state index in [0.717, 1.165) is 34.1 Å². The van der Waals surface area contributed by atoms with Gasteiger partial charge in [-0.1, -0.05) is 6.92 Å². The van der Waals surface area contributed by atoms with E-state index in [9.17, 15) is 34.2 Å². The molecule has 0 aliphatic carbocycles. The van der Waals surface area contributed by atoms with E-state index >= 15 is 0 Å². The lowest BCUT2D eigenvalue weighted by molar-refractivity contribution is -0.368. The summed E-state index contributed by atoms with van der Waals surface area (Å²) in [5, 5.41) is 20.7.